The molecule has 0 bridgehead atoms. The first-order chi connectivity index (χ1) is 9.52. The summed E-state index contributed by atoms with van der Waals surface area (Å²) in [4.78, 5) is 0. The van der Waals surface area contributed by atoms with E-state index in [9.17, 15) is 5.26 Å². The minimum absolute atomic E-state index is 0.0151. The summed E-state index contributed by atoms with van der Waals surface area (Å²) >= 11 is 6.29. The average molecular weight is 292 g/mol. The van der Waals surface area contributed by atoms with Gasteiger partial charge in [-0.2, -0.15) is 5.26 Å². The Morgan fingerprint density at radius 1 is 1.30 bits per heavy atom. The molecule has 0 amide bonds. The van der Waals surface area contributed by atoms with Crippen LogP contribution in [-0.4, -0.2) is 6.10 Å². The second-order valence-electron chi connectivity index (χ2n) is 5.97. The highest BCUT2D eigenvalue weighted by atomic mass is 35.5. The number of hydrogen-bond acceptors (Lipinski definition) is 2. The third kappa shape index (κ3) is 3.27. The highest BCUT2D eigenvalue weighted by Crippen LogP contribution is 2.34. The van der Waals surface area contributed by atoms with E-state index < -0.39 is 0 Å². The van der Waals surface area contributed by atoms with Gasteiger partial charge in [0.1, 0.15) is 11.9 Å². The molecule has 2 unspecified atom stereocenters. The fourth-order valence-electron chi connectivity index (χ4n) is 2.79. The van der Waals surface area contributed by atoms with E-state index in [1.54, 1.807) is 0 Å². The van der Waals surface area contributed by atoms with Crippen molar-refractivity contribution < 1.29 is 4.74 Å². The fourth-order valence-corrected chi connectivity index (χ4v) is 3.22. The van der Waals surface area contributed by atoms with Crippen LogP contribution >= 0.6 is 11.6 Å². The molecule has 0 heterocycles. The lowest BCUT2D eigenvalue weighted by Crippen LogP contribution is -2.29. The Labute approximate surface area is 126 Å². The fraction of sp³-hybridized carbons (Fsp3) is 0.588. The van der Waals surface area contributed by atoms with Gasteiger partial charge in [-0.15, -0.1) is 0 Å². The minimum atomic E-state index is 0.0151. The topological polar surface area (TPSA) is 33.0 Å². The largest absolute Gasteiger partial charge is 0.489 e. The molecule has 1 saturated carbocycles. The zero-order valence-electron chi connectivity index (χ0n) is 12.4. The molecule has 2 atom stereocenters. The number of hydrogen-bond donors (Lipinski definition) is 0. The summed E-state index contributed by atoms with van der Waals surface area (Å²) < 4.78 is 6.15. The first kappa shape index (κ1) is 15.2. The van der Waals surface area contributed by atoms with Gasteiger partial charge < -0.3 is 4.74 Å². The molecular formula is C17H22ClNO. The molecule has 1 aromatic rings. The van der Waals surface area contributed by atoms with Gasteiger partial charge >= 0.3 is 0 Å². The minimum Gasteiger partial charge on any atom is -0.489 e. The predicted molar refractivity (Wildman–Crippen MR) is 82.3 cm³/mol. The first-order valence-corrected chi connectivity index (χ1v) is 7.77. The van der Waals surface area contributed by atoms with E-state index in [4.69, 9.17) is 16.3 Å². The highest BCUT2D eigenvalue weighted by molar-refractivity contribution is 6.31. The normalized spacial score (nSPS) is 22.6. The smallest absolute Gasteiger partial charge is 0.123 e. The van der Waals surface area contributed by atoms with Gasteiger partial charge in [-0.1, -0.05) is 31.9 Å². The molecule has 0 aromatic heterocycles. The van der Waals surface area contributed by atoms with Gasteiger partial charge in [0.15, 0.2) is 0 Å². The number of halogens is 1. The van der Waals surface area contributed by atoms with Crippen LogP contribution in [0.25, 0.3) is 0 Å². The summed E-state index contributed by atoms with van der Waals surface area (Å²) in [5.41, 5.74) is 2.15. The van der Waals surface area contributed by atoms with Crippen molar-refractivity contribution in [2.75, 3.05) is 0 Å². The Bertz CT molecular complexity index is 518. The van der Waals surface area contributed by atoms with Crippen molar-refractivity contribution in [3.8, 4) is 11.8 Å². The number of nitriles is 1. The summed E-state index contributed by atoms with van der Waals surface area (Å²) in [6.45, 7) is 6.26. The zero-order valence-corrected chi connectivity index (χ0v) is 13.2. The van der Waals surface area contributed by atoms with E-state index in [0.717, 1.165) is 47.6 Å². The quantitative estimate of drug-likeness (QED) is 0.763. The summed E-state index contributed by atoms with van der Waals surface area (Å²) in [7, 11) is 0. The third-order valence-electron chi connectivity index (χ3n) is 4.06. The van der Waals surface area contributed by atoms with Gasteiger partial charge in [-0.3, -0.25) is 0 Å². The molecule has 1 aromatic carbocycles. The zero-order chi connectivity index (χ0) is 14.7. The van der Waals surface area contributed by atoms with Gasteiger partial charge in [0.25, 0.3) is 0 Å². The maximum Gasteiger partial charge on any atom is 0.123 e. The van der Waals surface area contributed by atoms with E-state index in [2.05, 4.69) is 19.9 Å². The maximum absolute atomic E-state index is 9.24. The van der Waals surface area contributed by atoms with Crippen molar-refractivity contribution in [3.05, 3.63) is 28.3 Å². The molecule has 0 saturated heterocycles. The number of benzene rings is 1. The molecule has 1 aliphatic carbocycles. The van der Waals surface area contributed by atoms with Crippen molar-refractivity contribution in [1.29, 1.82) is 5.26 Å². The number of nitrogens with zero attached hydrogens (tertiary/aromatic N) is 1. The van der Waals surface area contributed by atoms with E-state index in [0.29, 0.717) is 5.92 Å². The van der Waals surface area contributed by atoms with Gasteiger partial charge in [0.2, 0.25) is 0 Å². The van der Waals surface area contributed by atoms with Crippen LogP contribution in [0.4, 0.5) is 0 Å². The van der Waals surface area contributed by atoms with Crippen molar-refractivity contribution in [2.45, 2.75) is 58.5 Å². The van der Waals surface area contributed by atoms with Crippen LogP contribution in [-0.2, 0) is 0 Å². The van der Waals surface area contributed by atoms with Crippen LogP contribution in [0, 0.1) is 24.2 Å². The number of rotatable bonds is 3. The standard InChI is InChI=1S/C17H22ClNO/c1-11(2)14-9-17(12(3)8-15(14)18)20-16-7-5-4-6-13(16)10-19/h8-9,11,13,16H,4-7H2,1-3H3. The maximum atomic E-state index is 9.24. The number of ether oxygens (including phenoxy) is 1. The van der Waals surface area contributed by atoms with Crippen LogP contribution in [0.5, 0.6) is 5.75 Å². The van der Waals surface area contributed by atoms with Gasteiger partial charge in [0, 0.05) is 5.02 Å². The average Bonchev–Trinajstić information content (AvgIpc) is 2.42. The Hall–Kier alpha value is -1.20. The monoisotopic (exact) mass is 291 g/mol. The molecule has 108 valence electrons. The summed E-state index contributed by atoms with van der Waals surface area (Å²) in [6, 6.07) is 6.41. The van der Waals surface area contributed by atoms with Gasteiger partial charge in [-0.05, 0) is 55.4 Å². The van der Waals surface area contributed by atoms with Crippen LogP contribution < -0.4 is 4.74 Å². The summed E-state index contributed by atoms with van der Waals surface area (Å²) in [5.74, 6) is 1.26. The second-order valence-corrected chi connectivity index (χ2v) is 6.38. The molecule has 3 heteroatoms. The SMILES string of the molecule is Cc1cc(Cl)c(C(C)C)cc1OC1CCCCC1C#N. The van der Waals surface area contributed by atoms with Crippen molar-refractivity contribution in [2.24, 2.45) is 5.92 Å². The van der Waals surface area contributed by atoms with E-state index >= 15 is 0 Å². The van der Waals surface area contributed by atoms with Crippen LogP contribution in [0.1, 0.15) is 56.6 Å². The van der Waals surface area contributed by atoms with Crippen LogP contribution in [0.15, 0.2) is 12.1 Å². The third-order valence-corrected chi connectivity index (χ3v) is 4.39. The lowest BCUT2D eigenvalue weighted by molar-refractivity contribution is 0.119. The van der Waals surface area contributed by atoms with E-state index in [1.165, 1.54) is 0 Å². The second kappa shape index (κ2) is 6.50. The lowest BCUT2D eigenvalue weighted by atomic mass is 9.87. The van der Waals surface area contributed by atoms with Crippen molar-refractivity contribution in [1.82, 2.24) is 0 Å². The molecule has 0 spiro atoms. The Kier molecular flexibility index (Phi) is 4.94. The molecule has 0 radical (unpaired) electrons. The molecule has 0 N–H and O–H groups in total. The number of aryl methyl sites for hydroxylation is 1. The Balaban J connectivity index is 2.24. The van der Waals surface area contributed by atoms with E-state index in [1.807, 2.05) is 19.1 Å². The molecule has 0 aliphatic heterocycles. The van der Waals surface area contributed by atoms with Crippen LogP contribution in [0.3, 0.4) is 0 Å². The molecule has 1 aliphatic rings. The van der Waals surface area contributed by atoms with Crippen molar-refractivity contribution >= 4 is 11.6 Å². The van der Waals surface area contributed by atoms with Crippen molar-refractivity contribution in [3.63, 3.8) is 0 Å². The van der Waals surface area contributed by atoms with Crippen LogP contribution in [0.2, 0.25) is 5.02 Å². The Morgan fingerprint density at radius 2 is 2.00 bits per heavy atom. The van der Waals surface area contributed by atoms with Gasteiger partial charge in [0.05, 0.1) is 12.0 Å². The van der Waals surface area contributed by atoms with Gasteiger partial charge in [-0.25, -0.2) is 0 Å². The lowest BCUT2D eigenvalue weighted by Gasteiger charge is -2.28. The summed E-state index contributed by atoms with van der Waals surface area (Å²) in [6.07, 6.45) is 4.22. The predicted octanol–water partition coefficient (Wildman–Crippen LogP) is 5.23. The molecular weight excluding hydrogens is 270 g/mol. The Morgan fingerprint density at radius 3 is 2.65 bits per heavy atom. The van der Waals surface area contributed by atoms with E-state index in [-0.39, 0.29) is 12.0 Å². The molecule has 1 fully saturated rings. The molecule has 2 rings (SSSR count). The summed E-state index contributed by atoms with van der Waals surface area (Å²) in [5, 5.41) is 10.0. The first-order valence-electron chi connectivity index (χ1n) is 7.39. The molecule has 20 heavy (non-hydrogen) atoms. The molecule has 2 nitrogen and oxygen atoms in total. The highest BCUT2D eigenvalue weighted by Gasteiger charge is 2.27.